The lowest BCUT2D eigenvalue weighted by Crippen LogP contribution is -2.61. The zero-order chi connectivity index (χ0) is 20.8. The van der Waals surface area contributed by atoms with E-state index < -0.39 is 24.2 Å². The molecule has 7 heteroatoms. The highest BCUT2D eigenvalue weighted by Crippen LogP contribution is 2.28. The largest absolute Gasteiger partial charge is 0.462 e. The Labute approximate surface area is 168 Å². The number of ether oxygens (including phenoxy) is 2. The predicted molar refractivity (Wildman–Crippen MR) is 103 cm³/mol. The lowest BCUT2D eigenvalue weighted by Gasteiger charge is -2.43. The molecule has 1 heterocycles. The summed E-state index contributed by atoms with van der Waals surface area (Å²) in [5.74, 6) is -2.14. The quantitative estimate of drug-likeness (QED) is 0.388. The van der Waals surface area contributed by atoms with Crippen LogP contribution in [0.1, 0.15) is 40.5 Å². The maximum atomic E-state index is 12.5. The summed E-state index contributed by atoms with van der Waals surface area (Å²) < 4.78 is 10.3. The van der Waals surface area contributed by atoms with Crippen LogP contribution >= 0.6 is 0 Å². The number of nitrogens with zero attached hydrogens (tertiary/aromatic N) is 1. The first kappa shape index (κ1) is 20.3. The molecule has 2 aromatic carbocycles. The molecule has 1 saturated heterocycles. The molecule has 2 aromatic rings. The van der Waals surface area contributed by atoms with E-state index in [0.717, 1.165) is 4.90 Å². The summed E-state index contributed by atoms with van der Waals surface area (Å²) in [4.78, 5) is 50.7. The average Bonchev–Trinajstić information content (AvgIpc) is 2.74. The van der Waals surface area contributed by atoms with Crippen LogP contribution < -0.4 is 0 Å². The molecule has 7 nitrogen and oxygen atoms in total. The zero-order valence-electron chi connectivity index (χ0n) is 15.9. The van der Waals surface area contributed by atoms with Crippen molar-refractivity contribution in [3.05, 3.63) is 71.8 Å². The fourth-order valence-electron chi connectivity index (χ4n) is 3.12. The molecular weight excluding hydrogens is 374 g/mol. The van der Waals surface area contributed by atoms with E-state index in [1.807, 2.05) is 0 Å². The van der Waals surface area contributed by atoms with Gasteiger partial charge in [0.25, 0.3) is 6.23 Å². The Bertz CT molecular complexity index is 896. The smallest absolute Gasteiger partial charge is 0.369 e. The molecule has 1 aliphatic rings. The number of hydrogen-bond acceptors (Lipinski definition) is 6. The number of Topliss-reactive ketones (excluding diaryl/α,β-unsaturated/α-hetero) is 1. The number of hydrogen-bond donors (Lipinski definition) is 0. The molecule has 1 unspecified atom stereocenters. The average molecular weight is 395 g/mol. The van der Waals surface area contributed by atoms with Crippen LogP contribution in [0.4, 0.5) is 0 Å². The molecule has 1 amide bonds. The standard InChI is InChI=1S/C22H21NO6/c1-2-28-22(27)20(29-21(26)16-11-7-4-8-12-16)23-17(14-19(23)25)13-18(24)15-9-5-3-6-10-15/h3-12,17,20H,2,13-14H2,1H3/t17-,20?/m1/s1. The number of rotatable bonds is 8. The highest BCUT2D eigenvalue weighted by molar-refractivity contribution is 5.99. The van der Waals surface area contributed by atoms with E-state index in [0.29, 0.717) is 5.56 Å². The number of β-lactam (4-membered cyclic amide) rings is 1. The van der Waals surface area contributed by atoms with Crippen LogP contribution in [0.5, 0.6) is 0 Å². The first-order chi connectivity index (χ1) is 14.0. The van der Waals surface area contributed by atoms with Gasteiger partial charge in [-0.25, -0.2) is 9.59 Å². The molecule has 29 heavy (non-hydrogen) atoms. The molecule has 2 atom stereocenters. The van der Waals surface area contributed by atoms with E-state index in [1.54, 1.807) is 67.6 Å². The highest BCUT2D eigenvalue weighted by Gasteiger charge is 2.47. The Morgan fingerprint density at radius 1 is 1.00 bits per heavy atom. The van der Waals surface area contributed by atoms with Gasteiger partial charge in [0.05, 0.1) is 18.2 Å². The second-order valence-corrected chi connectivity index (χ2v) is 6.53. The summed E-state index contributed by atoms with van der Waals surface area (Å²) in [5, 5.41) is 0. The van der Waals surface area contributed by atoms with Gasteiger partial charge in [-0.3, -0.25) is 14.5 Å². The van der Waals surface area contributed by atoms with E-state index in [9.17, 15) is 19.2 Å². The van der Waals surface area contributed by atoms with Crippen LogP contribution in [0.15, 0.2) is 60.7 Å². The van der Waals surface area contributed by atoms with Gasteiger partial charge >= 0.3 is 11.9 Å². The summed E-state index contributed by atoms with van der Waals surface area (Å²) in [6.45, 7) is 1.68. The summed E-state index contributed by atoms with van der Waals surface area (Å²) in [7, 11) is 0. The van der Waals surface area contributed by atoms with Gasteiger partial charge in [-0.2, -0.15) is 0 Å². The zero-order valence-corrected chi connectivity index (χ0v) is 15.9. The Morgan fingerprint density at radius 3 is 2.14 bits per heavy atom. The third-order valence-electron chi connectivity index (χ3n) is 4.58. The van der Waals surface area contributed by atoms with Gasteiger partial charge in [0.1, 0.15) is 0 Å². The highest BCUT2D eigenvalue weighted by atomic mass is 16.6. The molecule has 1 aliphatic heterocycles. The summed E-state index contributed by atoms with van der Waals surface area (Å²) >= 11 is 0. The minimum absolute atomic E-state index is 0.0224. The van der Waals surface area contributed by atoms with Gasteiger partial charge in [-0.05, 0) is 19.1 Å². The fourth-order valence-corrected chi connectivity index (χ4v) is 3.12. The van der Waals surface area contributed by atoms with E-state index >= 15 is 0 Å². The van der Waals surface area contributed by atoms with E-state index in [4.69, 9.17) is 9.47 Å². The molecule has 0 spiro atoms. The minimum atomic E-state index is -1.53. The van der Waals surface area contributed by atoms with Crippen LogP contribution in [0.2, 0.25) is 0 Å². The fraction of sp³-hybridized carbons (Fsp3) is 0.273. The van der Waals surface area contributed by atoms with Crippen molar-refractivity contribution in [2.75, 3.05) is 6.61 Å². The molecule has 0 saturated carbocycles. The molecule has 0 bridgehead atoms. The van der Waals surface area contributed by atoms with Crippen molar-refractivity contribution >= 4 is 23.6 Å². The monoisotopic (exact) mass is 395 g/mol. The van der Waals surface area contributed by atoms with Gasteiger partial charge < -0.3 is 9.47 Å². The van der Waals surface area contributed by atoms with Crippen molar-refractivity contribution in [2.45, 2.75) is 32.0 Å². The van der Waals surface area contributed by atoms with Crippen molar-refractivity contribution in [1.82, 2.24) is 4.90 Å². The van der Waals surface area contributed by atoms with Gasteiger partial charge in [0.15, 0.2) is 5.78 Å². The van der Waals surface area contributed by atoms with E-state index in [1.165, 1.54) is 0 Å². The SMILES string of the molecule is CCOC(=O)C(OC(=O)c1ccccc1)N1C(=O)C[C@H]1CC(=O)c1ccccc1. The topological polar surface area (TPSA) is 90.0 Å². The predicted octanol–water partition coefficient (Wildman–Crippen LogP) is 2.61. The first-order valence-corrected chi connectivity index (χ1v) is 9.33. The Kier molecular flexibility index (Phi) is 6.39. The normalized spacial score (nSPS) is 16.5. The Morgan fingerprint density at radius 2 is 1.59 bits per heavy atom. The maximum Gasteiger partial charge on any atom is 0.369 e. The maximum absolute atomic E-state index is 12.5. The molecule has 0 aliphatic carbocycles. The van der Waals surface area contributed by atoms with Gasteiger partial charge in [-0.1, -0.05) is 48.5 Å². The van der Waals surface area contributed by atoms with Crippen LogP contribution in [-0.4, -0.2) is 47.4 Å². The van der Waals surface area contributed by atoms with Crippen LogP contribution in [-0.2, 0) is 19.1 Å². The van der Waals surface area contributed by atoms with Gasteiger partial charge in [0, 0.05) is 18.4 Å². The second-order valence-electron chi connectivity index (χ2n) is 6.53. The molecule has 3 rings (SSSR count). The molecule has 1 fully saturated rings. The van der Waals surface area contributed by atoms with Crippen molar-refractivity contribution in [2.24, 2.45) is 0 Å². The number of likely N-dealkylation sites (tertiary alicyclic amines) is 1. The Hall–Kier alpha value is -3.48. The number of ketones is 1. The Balaban J connectivity index is 1.76. The first-order valence-electron chi connectivity index (χ1n) is 9.33. The molecular formula is C22H21NO6. The van der Waals surface area contributed by atoms with Gasteiger partial charge in [0.2, 0.25) is 5.91 Å². The summed E-state index contributed by atoms with van der Waals surface area (Å²) in [6, 6.07) is 16.3. The van der Waals surface area contributed by atoms with Crippen molar-refractivity contribution in [1.29, 1.82) is 0 Å². The van der Waals surface area contributed by atoms with E-state index in [-0.39, 0.29) is 36.7 Å². The van der Waals surface area contributed by atoms with Gasteiger partial charge in [-0.15, -0.1) is 0 Å². The lowest BCUT2D eigenvalue weighted by atomic mass is 9.93. The summed E-state index contributed by atoms with van der Waals surface area (Å²) in [6.07, 6.45) is -1.41. The number of benzene rings is 2. The van der Waals surface area contributed by atoms with Crippen LogP contribution in [0, 0.1) is 0 Å². The second kappa shape index (κ2) is 9.14. The van der Waals surface area contributed by atoms with Crippen molar-refractivity contribution in [3.8, 4) is 0 Å². The molecule has 150 valence electrons. The van der Waals surface area contributed by atoms with E-state index in [2.05, 4.69) is 0 Å². The van der Waals surface area contributed by atoms with Crippen LogP contribution in [0.3, 0.4) is 0 Å². The molecule has 0 radical (unpaired) electrons. The third kappa shape index (κ3) is 4.68. The minimum Gasteiger partial charge on any atom is -0.462 e. The van der Waals surface area contributed by atoms with Crippen molar-refractivity contribution < 1.29 is 28.7 Å². The molecule has 0 aromatic heterocycles. The number of amides is 1. The van der Waals surface area contributed by atoms with Crippen LogP contribution in [0.25, 0.3) is 0 Å². The number of esters is 2. The van der Waals surface area contributed by atoms with Crippen molar-refractivity contribution in [3.63, 3.8) is 0 Å². The lowest BCUT2D eigenvalue weighted by molar-refractivity contribution is -0.183. The number of carbonyl (C=O) groups is 4. The molecule has 0 N–H and O–H groups in total. The number of carbonyl (C=O) groups excluding carboxylic acids is 4. The summed E-state index contributed by atoms with van der Waals surface area (Å²) in [5.41, 5.74) is 0.757. The third-order valence-corrected chi connectivity index (χ3v) is 4.58.